The highest BCUT2D eigenvalue weighted by atomic mass is 16.5. The van der Waals surface area contributed by atoms with E-state index in [0.29, 0.717) is 18.2 Å². The second kappa shape index (κ2) is 6.80. The summed E-state index contributed by atoms with van der Waals surface area (Å²) in [6.45, 7) is 4.04. The fourth-order valence-corrected chi connectivity index (χ4v) is 3.44. The minimum Gasteiger partial charge on any atom is -0.376 e. The van der Waals surface area contributed by atoms with E-state index in [2.05, 4.69) is 32.3 Å². The Hall–Kier alpha value is -2.47. The number of aromatic nitrogens is 2. The molecule has 6 heteroatoms. The van der Waals surface area contributed by atoms with Gasteiger partial charge in [-0.2, -0.15) is 0 Å². The summed E-state index contributed by atoms with van der Waals surface area (Å²) in [5.74, 6) is 0.418. The summed E-state index contributed by atoms with van der Waals surface area (Å²) in [6.07, 6.45) is 3.15. The number of fused-ring (bicyclic) bond motifs is 1. The van der Waals surface area contributed by atoms with E-state index in [1.807, 2.05) is 19.1 Å². The molecule has 1 fully saturated rings. The number of nitrogens with zero attached hydrogens (tertiary/aromatic N) is 3. The zero-order valence-corrected chi connectivity index (χ0v) is 14.4. The van der Waals surface area contributed by atoms with E-state index in [4.69, 9.17) is 4.74 Å². The molecule has 1 N–H and O–H groups in total. The van der Waals surface area contributed by atoms with Crippen molar-refractivity contribution in [2.45, 2.75) is 32.3 Å². The average molecular weight is 338 g/mol. The molecule has 6 nitrogen and oxygen atoms in total. The number of carbonyl (C=O) groups excluding carboxylic acids is 1. The first-order valence-electron chi connectivity index (χ1n) is 8.81. The van der Waals surface area contributed by atoms with E-state index in [9.17, 15) is 4.79 Å². The van der Waals surface area contributed by atoms with Crippen molar-refractivity contribution in [1.29, 1.82) is 0 Å². The molecule has 1 aromatic heterocycles. The Morgan fingerprint density at radius 2 is 2.24 bits per heavy atom. The molecule has 1 saturated heterocycles. The summed E-state index contributed by atoms with van der Waals surface area (Å²) in [6, 6.07) is 9.99. The smallest absolute Gasteiger partial charge is 0.270 e. The average Bonchev–Trinajstić information content (AvgIpc) is 3.28. The summed E-state index contributed by atoms with van der Waals surface area (Å²) < 4.78 is 5.55. The Morgan fingerprint density at radius 3 is 3.08 bits per heavy atom. The molecular weight excluding hydrogens is 316 g/mol. The van der Waals surface area contributed by atoms with Gasteiger partial charge in [-0.1, -0.05) is 18.2 Å². The van der Waals surface area contributed by atoms with Gasteiger partial charge in [-0.25, -0.2) is 9.97 Å². The van der Waals surface area contributed by atoms with Crippen molar-refractivity contribution in [2.24, 2.45) is 0 Å². The molecule has 1 unspecified atom stereocenters. The number of para-hydroxylation sites is 1. The maximum Gasteiger partial charge on any atom is 0.270 e. The zero-order valence-electron chi connectivity index (χ0n) is 14.4. The second-order valence-corrected chi connectivity index (χ2v) is 6.57. The predicted molar refractivity (Wildman–Crippen MR) is 95.2 cm³/mol. The van der Waals surface area contributed by atoms with Crippen LogP contribution in [0.4, 0.5) is 11.6 Å². The van der Waals surface area contributed by atoms with Crippen LogP contribution in [-0.2, 0) is 11.2 Å². The van der Waals surface area contributed by atoms with Gasteiger partial charge >= 0.3 is 0 Å². The van der Waals surface area contributed by atoms with Crippen molar-refractivity contribution in [3.8, 4) is 0 Å². The summed E-state index contributed by atoms with van der Waals surface area (Å²) in [7, 11) is 0. The molecule has 1 atom stereocenters. The first kappa shape index (κ1) is 16.0. The van der Waals surface area contributed by atoms with Gasteiger partial charge in [-0.05, 0) is 43.9 Å². The molecule has 1 aromatic carbocycles. The molecule has 2 aromatic rings. The third kappa shape index (κ3) is 3.35. The molecule has 0 bridgehead atoms. The van der Waals surface area contributed by atoms with E-state index in [1.54, 1.807) is 6.07 Å². The molecule has 2 aliphatic rings. The van der Waals surface area contributed by atoms with E-state index in [1.165, 1.54) is 5.56 Å². The lowest BCUT2D eigenvalue weighted by Crippen LogP contribution is -2.32. The van der Waals surface area contributed by atoms with Crippen LogP contribution in [0.3, 0.4) is 0 Å². The molecule has 0 aliphatic carbocycles. The van der Waals surface area contributed by atoms with Gasteiger partial charge in [-0.15, -0.1) is 0 Å². The van der Waals surface area contributed by atoms with Crippen molar-refractivity contribution < 1.29 is 9.53 Å². The monoisotopic (exact) mass is 338 g/mol. The van der Waals surface area contributed by atoms with Gasteiger partial charge in [0.05, 0.1) is 6.10 Å². The number of anilines is 2. The maximum absolute atomic E-state index is 12.5. The molecule has 2 aliphatic heterocycles. The van der Waals surface area contributed by atoms with Crippen molar-refractivity contribution >= 4 is 17.5 Å². The molecule has 130 valence electrons. The lowest BCUT2D eigenvalue weighted by Gasteiger charge is -2.18. The molecule has 0 radical (unpaired) electrons. The van der Waals surface area contributed by atoms with E-state index in [0.717, 1.165) is 43.8 Å². The Morgan fingerprint density at radius 1 is 1.36 bits per heavy atom. The van der Waals surface area contributed by atoms with Crippen LogP contribution in [0.1, 0.15) is 34.6 Å². The highest BCUT2D eigenvalue weighted by Crippen LogP contribution is 2.32. The number of benzene rings is 1. The number of amides is 1. The standard InChI is InChI=1S/C19H22N4O2/c1-13-11-16(18(24)20-12-15-6-4-10-25-15)22-19(21-13)23-9-8-14-5-2-3-7-17(14)23/h2-3,5,7,11,15H,4,6,8-10,12H2,1H3,(H,20,24). The highest BCUT2D eigenvalue weighted by Gasteiger charge is 2.24. The normalized spacial score (nSPS) is 19.1. The summed E-state index contributed by atoms with van der Waals surface area (Å²) >= 11 is 0. The van der Waals surface area contributed by atoms with Crippen molar-refractivity contribution in [1.82, 2.24) is 15.3 Å². The van der Waals surface area contributed by atoms with Gasteiger partial charge in [0.2, 0.25) is 5.95 Å². The number of nitrogens with one attached hydrogen (secondary N) is 1. The van der Waals surface area contributed by atoms with Crippen molar-refractivity contribution in [2.75, 3.05) is 24.6 Å². The van der Waals surface area contributed by atoms with Gasteiger partial charge in [0, 0.05) is 31.1 Å². The number of aryl methyl sites for hydroxylation is 1. The molecule has 0 spiro atoms. The SMILES string of the molecule is Cc1cc(C(=O)NCC2CCCO2)nc(N2CCc3ccccc32)n1. The number of ether oxygens (including phenoxy) is 1. The van der Waals surface area contributed by atoms with Gasteiger partial charge in [0.1, 0.15) is 5.69 Å². The van der Waals surface area contributed by atoms with Crippen LogP contribution in [0, 0.1) is 6.92 Å². The van der Waals surface area contributed by atoms with Crippen LogP contribution < -0.4 is 10.2 Å². The van der Waals surface area contributed by atoms with Crippen molar-refractivity contribution in [3.05, 3.63) is 47.3 Å². The van der Waals surface area contributed by atoms with E-state index < -0.39 is 0 Å². The third-order valence-electron chi connectivity index (χ3n) is 4.72. The van der Waals surface area contributed by atoms with Crippen LogP contribution in [0.2, 0.25) is 0 Å². The largest absolute Gasteiger partial charge is 0.376 e. The first-order chi connectivity index (χ1) is 12.2. The molecule has 3 heterocycles. The fraction of sp³-hybridized carbons (Fsp3) is 0.421. The van der Waals surface area contributed by atoms with Gasteiger partial charge in [-0.3, -0.25) is 4.79 Å². The third-order valence-corrected chi connectivity index (χ3v) is 4.72. The Kier molecular flexibility index (Phi) is 4.36. The quantitative estimate of drug-likeness (QED) is 0.927. The van der Waals surface area contributed by atoms with Crippen LogP contribution >= 0.6 is 0 Å². The van der Waals surface area contributed by atoms with Gasteiger partial charge in [0.15, 0.2) is 0 Å². The lowest BCUT2D eigenvalue weighted by molar-refractivity contribution is 0.0853. The second-order valence-electron chi connectivity index (χ2n) is 6.57. The number of carbonyl (C=O) groups is 1. The summed E-state index contributed by atoms with van der Waals surface area (Å²) in [4.78, 5) is 23.6. The minimum absolute atomic E-state index is 0.122. The Bertz CT molecular complexity index is 787. The number of hydrogen-bond donors (Lipinski definition) is 1. The van der Waals surface area contributed by atoms with Gasteiger partial charge < -0.3 is 15.0 Å². The predicted octanol–water partition coefficient (Wildman–Crippen LogP) is 2.39. The molecule has 4 rings (SSSR count). The Balaban J connectivity index is 1.53. The number of rotatable bonds is 4. The van der Waals surface area contributed by atoms with Crippen LogP contribution in [0.25, 0.3) is 0 Å². The van der Waals surface area contributed by atoms with Gasteiger partial charge in [0.25, 0.3) is 5.91 Å². The fourth-order valence-electron chi connectivity index (χ4n) is 3.44. The lowest BCUT2D eigenvalue weighted by atomic mass is 10.2. The Labute approximate surface area is 147 Å². The summed E-state index contributed by atoms with van der Waals surface area (Å²) in [5.41, 5.74) is 3.61. The van der Waals surface area contributed by atoms with Crippen LogP contribution in [0.15, 0.2) is 30.3 Å². The van der Waals surface area contributed by atoms with Crippen molar-refractivity contribution in [3.63, 3.8) is 0 Å². The topological polar surface area (TPSA) is 67.3 Å². The molecule has 0 saturated carbocycles. The first-order valence-corrected chi connectivity index (χ1v) is 8.81. The molecular formula is C19H22N4O2. The highest BCUT2D eigenvalue weighted by molar-refractivity contribution is 5.92. The minimum atomic E-state index is -0.172. The molecule has 25 heavy (non-hydrogen) atoms. The number of hydrogen-bond acceptors (Lipinski definition) is 5. The maximum atomic E-state index is 12.5. The molecule has 1 amide bonds. The summed E-state index contributed by atoms with van der Waals surface area (Å²) in [5, 5.41) is 2.93. The van der Waals surface area contributed by atoms with Crippen LogP contribution in [0.5, 0.6) is 0 Å². The zero-order chi connectivity index (χ0) is 17.2. The van der Waals surface area contributed by atoms with Crippen LogP contribution in [-0.4, -0.2) is 41.7 Å². The van der Waals surface area contributed by atoms with E-state index in [-0.39, 0.29) is 12.0 Å². The van der Waals surface area contributed by atoms with E-state index >= 15 is 0 Å².